The molecule has 1 spiro atoms. The third-order valence-corrected chi connectivity index (χ3v) is 3.09. The minimum atomic E-state index is -0.0316. The van der Waals surface area contributed by atoms with E-state index in [2.05, 4.69) is 5.32 Å². The van der Waals surface area contributed by atoms with Gasteiger partial charge in [0.05, 0.1) is 0 Å². The van der Waals surface area contributed by atoms with Crippen LogP contribution in [-0.4, -0.2) is 23.8 Å². The third-order valence-electron chi connectivity index (χ3n) is 3.09. The number of ether oxygens (including phenoxy) is 1. The summed E-state index contributed by atoms with van der Waals surface area (Å²) in [6.07, 6.45) is 2.03. The molecule has 3 heteroatoms. The van der Waals surface area contributed by atoms with E-state index < -0.39 is 0 Å². The third kappa shape index (κ3) is 1.09. The van der Waals surface area contributed by atoms with Crippen LogP contribution in [0.4, 0.5) is 0 Å². The maximum atomic E-state index is 9.33. The van der Waals surface area contributed by atoms with E-state index >= 15 is 0 Å². The lowest BCUT2D eigenvalue weighted by molar-refractivity contribution is 0.117. The molecule has 2 aliphatic rings. The van der Waals surface area contributed by atoms with Crippen molar-refractivity contribution >= 4 is 0 Å². The molecule has 1 unspecified atom stereocenters. The highest BCUT2D eigenvalue weighted by Crippen LogP contribution is 2.39. The van der Waals surface area contributed by atoms with E-state index in [-0.39, 0.29) is 11.4 Å². The van der Waals surface area contributed by atoms with Crippen molar-refractivity contribution in [2.45, 2.75) is 18.4 Å². The molecule has 3 nitrogen and oxygen atoms in total. The van der Waals surface area contributed by atoms with E-state index in [0.29, 0.717) is 0 Å². The van der Waals surface area contributed by atoms with Crippen molar-refractivity contribution in [2.24, 2.45) is 0 Å². The molecule has 74 valence electrons. The van der Waals surface area contributed by atoms with E-state index in [1.54, 1.807) is 12.1 Å². The molecule has 3 rings (SSSR count). The van der Waals surface area contributed by atoms with Crippen molar-refractivity contribution in [3.63, 3.8) is 0 Å². The molecule has 1 saturated heterocycles. The topological polar surface area (TPSA) is 41.5 Å². The van der Waals surface area contributed by atoms with Gasteiger partial charge in [0.1, 0.15) is 17.1 Å². The van der Waals surface area contributed by atoms with E-state index in [9.17, 15) is 5.11 Å². The molecule has 0 aliphatic carbocycles. The van der Waals surface area contributed by atoms with Gasteiger partial charge < -0.3 is 15.2 Å². The number of rotatable bonds is 0. The fourth-order valence-electron chi connectivity index (χ4n) is 2.36. The van der Waals surface area contributed by atoms with Gasteiger partial charge in [-0.05, 0) is 18.2 Å². The Morgan fingerprint density at radius 1 is 1.43 bits per heavy atom. The van der Waals surface area contributed by atoms with Crippen molar-refractivity contribution in [1.29, 1.82) is 0 Å². The first-order valence-electron chi connectivity index (χ1n) is 4.99. The molecule has 1 fully saturated rings. The lowest BCUT2D eigenvalue weighted by Crippen LogP contribution is -2.36. The zero-order valence-electron chi connectivity index (χ0n) is 7.92. The van der Waals surface area contributed by atoms with E-state index in [4.69, 9.17) is 4.74 Å². The fraction of sp³-hybridized carbons (Fsp3) is 0.455. The summed E-state index contributed by atoms with van der Waals surface area (Å²) >= 11 is 0. The van der Waals surface area contributed by atoms with Gasteiger partial charge in [-0.1, -0.05) is 6.07 Å². The van der Waals surface area contributed by atoms with E-state index in [0.717, 1.165) is 31.7 Å². The molecule has 0 saturated carbocycles. The predicted molar refractivity (Wildman–Crippen MR) is 52.7 cm³/mol. The molecule has 2 aliphatic heterocycles. The summed E-state index contributed by atoms with van der Waals surface area (Å²) in [6.45, 7) is 1.95. The average Bonchev–Trinajstić information content (AvgIpc) is 2.72. The smallest absolute Gasteiger partial charge is 0.127 e. The van der Waals surface area contributed by atoms with E-state index in [1.807, 2.05) is 6.07 Å². The quantitative estimate of drug-likeness (QED) is 0.644. The Morgan fingerprint density at radius 2 is 2.36 bits per heavy atom. The molecule has 1 aromatic rings. The zero-order chi connectivity index (χ0) is 9.60. The predicted octanol–water partition coefficient (Wildman–Crippen LogP) is 1.06. The number of hydrogen-bond acceptors (Lipinski definition) is 3. The Balaban J connectivity index is 1.96. The minimum absolute atomic E-state index is 0.0316. The van der Waals surface area contributed by atoms with Crippen LogP contribution < -0.4 is 10.1 Å². The Hall–Kier alpha value is -1.22. The monoisotopic (exact) mass is 191 g/mol. The van der Waals surface area contributed by atoms with Crippen molar-refractivity contribution in [2.75, 3.05) is 13.1 Å². The average molecular weight is 191 g/mol. The number of benzene rings is 1. The highest BCUT2D eigenvalue weighted by molar-refractivity contribution is 5.44. The van der Waals surface area contributed by atoms with Crippen molar-refractivity contribution < 1.29 is 9.84 Å². The second kappa shape index (κ2) is 2.64. The summed E-state index contributed by atoms with van der Waals surface area (Å²) in [6, 6.07) is 5.39. The lowest BCUT2D eigenvalue weighted by atomic mass is 9.96. The van der Waals surface area contributed by atoms with Gasteiger partial charge >= 0.3 is 0 Å². The van der Waals surface area contributed by atoms with Gasteiger partial charge in [0, 0.05) is 25.5 Å². The fourth-order valence-corrected chi connectivity index (χ4v) is 2.36. The Labute approximate surface area is 82.7 Å². The maximum absolute atomic E-state index is 9.33. The van der Waals surface area contributed by atoms with Crippen LogP contribution in [0, 0.1) is 0 Å². The van der Waals surface area contributed by atoms with E-state index in [1.165, 1.54) is 5.56 Å². The van der Waals surface area contributed by atoms with Crippen LogP contribution in [0.1, 0.15) is 12.0 Å². The summed E-state index contributed by atoms with van der Waals surface area (Å²) in [7, 11) is 0. The van der Waals surface area contributed by atoms with Gasteiger partial charge in [-0.15, -0.1) is 0 Å². The van der Waals surface area contributed by atoms with Crippen molar-refractivity contribution in [1.82, 2.24) is 5.32 Å². The molecular formula is C11H13NO2. The Morgan fingerprint density at radius 3 is 3.14 bits per heavy atom. The number of fused-ring (bicyclic) bond motifs is 1. The molecule has 1 atom stereocenters. The Bertz CT molecular complexity index is 370. The SMILES string of the molecule is Oc1ccc2c(c1)OC1(CCNC1)C2. The molecule has 14 heavy (non-hydrogen) atoms. The van der Waals surface area contributed by atoms with Gasteiger partial charge in [0.2, 0.25) is 0 Å². The first-order chi connectivity index (χ1) is 6.77. The summed E-state index contributed by atoms with van der Waals surface area (Å²) in [4.78, 5) is 0. The largest absolute Gasteiger partial charge is 0.508 e. The lowest BCUT2D eigenvalue weighted by Gasteiger charge is -2.21. The summed E-state index contributed by atoms with van der Waals surface area (Å²) in [5.41, 5.74) is 1.18. The highest BCUT2D eigenvalue weighted by atomic mass is 16.5. The molecule has 1 aromatic carbocycles. The molecule has 0 bridgehead atoms. The molecule has 2 heterocycles. The number of phenols is 1. The van der Waals surface area contributed by atoms with Gasteiger partial charge in [-0.25, -0.2) is 0 Å². The molecule has 0 radical (unpaired) electrons. The van der Waals surface area contributed by atoms with Crippen LogP contribution in [-0.2, 0) is 6.42 Å². The first-order valence-corrected chi connectivity index (χ1v) is 4.99. The molecular weight excluding hydrogens is 178 g/mol. The van der Waals surface area contributed by atoms with Crippen LogP contribution >= 0.6 is 0 Å². The van der Waals surface area contributed by atoms with Gasteiger partial charge in [-0.3, -0.25) is 0 Å². The highest BCUT2D eigenvalue weighted by Gasteiger charge is 2.41. The van der Waals surface area contributed by atoms with Gasteiger partial charge in [0.15, 0.2) is 0 Å². The molecule has 0 amide bonds. The number of hydrogen-bond donors (Lipinski definition) is 2. The van der Waals surface area contributed by atoms with Crippen LogP contribution in [0.15, 0.2) is 18.2 Å². The van der Waals surface area contributed by atoms with Crippen LogP contribution in [0.3, 0.4) is 0 Å². The molecule has 0 aromatic heterocycles. The first kappa shape index (κ1) is 8.12. The Kier molecular flexibility index (Phi) is 1.53. The van der Waals surface area contributed by atoms with Crippen LogP contribution in [0.25, 0.3) is 0 Å². The molecule has 2 N–H and O–H groups in total. The summed E-state index contributed by atoms with van der Waals surface area (Å²) in [5, 5.41) is 12.6. The number of aromatic hydroxyl groups is 1. The second-order valence-corrected chi connectivity index (χ2v) is 4.18. The maximum Gasteiger partial charge on any atom is 0.127 e. The van der Waals surface area contributed by atoms with Crippen molar-refractivity contribution in [3.8, 4) is 11.5 Å². The standard InChI is InChI=1S/C11H13NO2/c13-9-2-1-8-6-11(3-4-12-7-11)14-10(8)5-9/h1-2,5,12-13H,3-4,6-7H2. The number of nitrogens with one attached hydrogen (secondary N) is 1. The minimum Gasteiger partial charge on any atom is -0.508 e. The zero-order valence-corrected chi connectivity index (χ0v) is 7.92. The van der Waals surface area contributed by atoms with Crippen LogP contribution in [0.2, 0.25) is 0 Å². The normalized spacial score (nSPS) is 29.1. The summed E-state index contributed by atoms with van der Waals surface area (Å²) in [5.74, 6) is 1.14. The summed E-state index contributed by atoms with van der Waals surface area (Å²) < 4.78 is 5.91. The van der Waals surface area contributed by atoms with Gasteiger partial charge in [0.25, 0.3) is 0 Å². The second-order valence-electron chi connectivity index (χ2n) is 4.18. The van der Waals surface area contributed by atoms with Crippen LogP contribution in [0.5, 0.6) is 11.5 Å². The van der Waals surface area contributed by atoms with Crippen molar-refractivity contribution in [3.05, 3.63) is 23.8 Å². The van der Waals surface area contributed by atoms with Gasteiger partial charge in [-0.2, -0.15) is 0 Å². The number of phenolic OH excluding ortho intramolecular Hbond substituents is 1.